The molecule has 0 aliphatic carbocycles. The van der Waals surface area contributed by atoms with Crippen LogP contribution in [0.15, 0.2) is 0 Å². The average molecular weight is 268 g/mol. The zero-order valence-corrected chi connectivity index (χ0v) is 11.2. The SMILES string of the molecule is CCN(CCOC)c1sc(C(N)=O)c(N)c1C#N. The van der Waals surface area contributed by atoms with Crippen LogP contribution in [0.25, 0.3) is 0 Å². The van der Waals surface area contributed by atoms with Crippen LogP contribution in [-0.2, 0) is 4.74 Å². The molecule has 7 heteroatoms. The molecular formula is C11H16N4O2S. The molecule has 0 fully saturated rings. The molecule has 1 rings (SSSR count). The first-order valence-electron chi connectivity index (χ1n) is 5.42. The molecule has 0 aliphatic rings. The molecule has 98 valence electrons. The van der Waals surface area contributed by atoms with Crippen molar-refractivity contribution in [2.24, 2.45) is 5.73 Å². The van der Waals surface area contributed by atoms with E-state index in [-0.39, 0.29) is 10.6 Å². The Morgan fingerprint density at radius 2 is 2.28 bits per heavy atom. The van der Waals surface area contributed by atoms with Crippen LogP contribution in [-0.4, -0.2) is 32.7 Å². The third-order valence-electron chi connectivity index (χ3n) is 2.50. The Morgan fingerprint density at radius 1 is 1.61 bits per heavy atom. The number of hydrogen-bond acceptors (Lipinski definition) is 6. The van der Waals surface area contributed by atoms with Crippen molar-refractivity contribution in [3.05, 3.63) is 10.4 Å². The molecule has 1 aromatic heterocycles. The summed E-state index contributed by atoms with van der Waals surface area (Å²) in [5.74, 6) is -0.608. The van der Waals surface area contributed by atoms with Crippen molar-refractivity contribution in [2.75, 3.05) is 37.4 Å². The number of amides is 1. The molecule has 1 amide bonds. The minimum atomic E-state index is -0.608. The molecule has 1 heterocycles. The third-order valence-corrected chi connectivity index (χ3v) is 3.78. The summed E-state index contributed by atoms with van der Waals surface area (Å²) in [7, 11) is 1.61. The van der Waals surface area contributed by atoms with Crippen LogP contribution in [0.3, 0.4) is 0 Å². The van der Waals surface area contributed by atoms with E-state index in [2.05, 4.69) is 0 Å². The number of nitrogen functional groups attached to an aromatic ring is 1. The maximum atomic E-state index is 11.2. The van der Waals surface area contributed by atoms with Crippen molar-refractivity contribution >= 4 is 27.9 Å². The number of carbonyl (C=O) groups is 1. The van der Waals surface area contributed by atoms with Gasteiger partial charge in [-0.2, -0.15) is 5.26 Å². The summed E-state index contributed by atoms with van der Waals surface area (Å²) in [6.45, 7) is 3.80. The van der Waals surface area contributed by atoms with Gasteiger partial charge in [0.2, 0.25) is 0 Å². The Labute approximate surface area is 110 Å². The molecule has 1 aromatic rings. The van der Waals surface area contributed by atoms with Gasteiger partial charge in [0, 0.05) is 20.2 Å². The summed E-state index contributed by atoms with van der Waals surface area (Å²) in [6.07, 6.45) is 0. The Hall–Kier alpha value is -1.78. The lowest BCUT2D eigenvalue weighted by Gasteiger charge is -2.20. The maximum absolute atomic E-state index is 11.2. The van der Waals surface area contributed by atoms with Gasteiger partial charge in [-0.1, -0.05) is 0 Å². The van der Waals surface area contributed by atoms with Crippen molar-refractivity contribution < 1.29 is 9.53 Å². The van der Waals surface area contributed by atoms with Gasteiger partial charge in [-0.3, -0.25) is 4.79 Å². The molecule has 0 bridgehead atoms. The summed E-state index contributed by atoms with van der Waals surface area (Å²) in [4.78, 5) is 13.4. The van der Waals surface area contributed by atoms with Gasteiger partial charge in [0.1, 0.15) is 21.5 Å². The van der Waals surface area contributed by atoms with E-state index >= 15 is 0 Å². The molecule has 6 nitrogen and oxygen atoms in total. The van der Waals surface area contributed by atoms with Crippen LogP contribution in [0.1, 0.15) is 22.2 Å². The van der Waals surface area contributed by atoms with Gasteiger partial charge in [0.15, 0.2) is 0 Å². The van der Waals surface area contributed by atoms with Crippen LogP contribution >= 0.6 is 11.3 Å². The number of nitriles is 1. The predicted octanol–water partition coefficient (Wildman–Crippen LogP) is 0.774. The van der Waals surface area contributed by atoms with E-state index in [0.717, 1.165) is 11.3 Å². The highest BCUT2D eigenvalue weighted by atomic mass is 32.1. The highest BCUT2D eigenvalue weighted by Crippen LogP contribution is 2.37. The van der Waals surface area contributed by atoms with E-state index in [0.29, 0.717) is 30.3 Å². The van der Waals surface area contributed by atoms with Crippen LogP contribution in [0.4, 0.5) is 10.7 Å². The quantitative estimate of drug-likeness (QED) is 0.793. The Bertz CT molecular complexity index is 478. The first-order valence-corrected chi connectivity index (χ1v) is 6.24. The van der Waals surface area contributed by atoms with Crippen molar-refractivity contribution in [2.45, 2.75) is 6.92 Å². The highest BCUT2D eigenvalue weighted by Gasteiger charge is 2.22. The number of thiophene rings is 1. The lowest BCUT2D eigenvalue weighted by molar-refractivity contribution is 0.100. The van der Waals surface area contributed by atoms with Crippen molar-refractivity contribution in [3.63, 3.8) is 0 Å². The third kappa shape index (κ3) is 2.72. The molecule has 4 N–H and O–H groups in total. The second-order valence-electron chi connectivity index (χ2n) is 3.57. The lowest BCUT2D eigenvalue weighted by Crippen LogP contribution is -2.26. The lowest BCUT2D eigenvalue weighted by atomic mass is 10.2. The first kappa shape index (κ1) is 14.3. The molecular weight excluding hydrogens is 252 g/mol. The Kier molecular flexibility index (Phi) is 4.95. The van der Waals surface area contributed by atoms with E-state index in [4.69, 9.17) is 21.5 Å². The molecule has 0 aromatic carbocycles. The number of methoxy groups -OCH3 is 1. The number of anilines is 2. The number of primary amides is 1. The average Bonchev–Trinajstić information content (AvgIpc) is 2.67. The topological polar surface area (TPSA) is 105 Å². The number of hydrogen-bond donors (Lipinski definition) is 2. The highest BCUT2D eigenvalue weighted by molar-refractivity contribution is 7.19. The number of ether oxygens (including phenoxy) is 1. The molecule has 0 saturated heterocycles. The van der Waals surface area contributed by atoms with Gasteiger partial charge in [0.05, 0.1) is 12.3 Å². The number of rotatable bonds is 6. The summed E-state index contributed by atoms with van der Waals surface area (Å²) >= 11 is 1.15. The fourth-order valence-electron chi connectivity index (χ4n) is 1.55. The van der Waals surface area contributed by atoms with E-state index < -0.39 is 5.91 Å². The van der Waals surface area contributed by atoms with Crippen LogP contribution < -0.4 is 16.4 Å². The van der Waals surface area contributed by atoms with E-state index in [1.165, 1.54) is 0 Å². The molecule has 0 unspecified atom stereocenters. The summed E-state index contributed by atoms with van der Waals surface area (Å²) in [5, 5.41) is 9.80. The number of nitrogens with zero attached hydrogens (tertiary/aromatic N) is 2. The molecule has 0 saturated carbocycles. The maximum Gasteiger partial charge on any atom is 0.261 e. The van der Waals surface area contributed by atoms with Gasteiger partial charge in [0.25, 0.3) is 5.91 Å². The molecule has 0 aliphatic heterocycles. The molecule has 0 spiro atoms. The normalized spacial score (nSPS) is 10.1. The van der Waals surface area contributed by atoms with Crippen molar-refractivity contribution in [1.82, 2.24) is 0 Å². The smallest absolute Gasteiger partial charge is 0.261 e. The van der Waals surface area contributed by atoms with E-state index in [1.807, 2.05) is 17.9 Å². The van der Waals surface area contributed by atoms with Crippen LogP contribution in [0.5, 0.6) is 0 Å². The summed E-state index contributed by atoms with van der Waals surface area (Å²) in [5.41, 5.74) is 11.5. The predicted molar refractivity (Wildman–Crippen MR) is 71.7 cm³/mol. The molecule has 0 radical (unpaired) electrons. The van der Waals surface area contributed by atoms with Gasteiger partial charge in [-0.15, -0.1) is 11.3 Å². The fraction of sp³-hybridized carbons (Fsp3) is 0.455. The van der Waals surface area contributed by atoms with Gasteiger partial charge in [-0.25, -0.2) is 0 Å². The van der Waals surface area contributed by atoms with Gasteiger partial charge in [-0.05, 0) is 6.92 Å². The Morgan fingerprint density at radius 3 is 2.72 bits per heavy atom. The zero-order valence-electron chi connectivity index (χ0n) is 10.4. The second-order valence-corrected chi connectivity index (χ2v) is 4.57. The van der Waals surface area contributed by atoms with E-state index in [1.54, 1.807) is 7.11 Å². The van der Waals surface area contributed by atoms with Gasteiger partial charge >= 0.3 is 0 Å². The largest absolute Gasteiger partial charge is 0.396 e. The number of nitrogens with two attached hydrogens (primary N) is 2. The summed E-state index contributed by atoms with van der Waals surface area (Å²) < 4.78 is 5.01. The van der Waals surface area contributed by atoms with Crippen LogP contribution in [0.2, 0.25) is 0 Å². The molecule has 0 atom stereocenters. The van der Waals surface area contributed by atoms with Gasteiger partial charge < -0.3 is 21.1 Å². The molecule has 18 heavy (non-hydrogen) atoms. The number of carbonyl (C=O) groups excluding carboxylic acids is 1. The minimum Gasteiger partial charge on any atom is -0.396 e. The van der Waals surface area contributed by atoms with E-state index in [9.17, 15) is 4.79 Å². The monoisotopic (exact) mass is 268 g/mol. The van der Waals surface area contributed by atoms with Crippen molar-refractivity contribution in [3.8, 4) is 6.07 Å². The fourth-order valence-corrected chi connectivity index (χ4v) is 2.66. The minimum absolute atomic E-state index is 0.167. The standard InChI is InChI=1S/C11H16N4O2S/c1-3-15(4-5-17-2)11-7(6-12)8(13)9(18-11)10(14)16/h3-5,13H2,1-2H3,(H2,14,16). The second kappa shape index (κ2) is 6.23. The summed E-state index contributed by atoms with van der Waals surface area (Å²) in [6, 6.07) is 2.03. The van der Waals surface area contributed by atoms with Crippen molar-refractivity contribution in [1.29, 1.82) is 5.26 Å². The first-order chi connectivity index (χ1) is 8.56. The number of likely N-dealkylation sites (N-methyl/N-ethyl adjacent to an activating group) is 1. The van der Waals surface area contributed by atoms with Crippen LogP contribution in [0, 0.1) is 11.3 Å². The Balaban J connectivity index is 3.18. The zero-order chi connectivity index (χ0) is 13.7.